The summed E-state index contributed by atoms with van der Waals surface area (Å²) in [6.45, 7) is 9.00. The molecule has 4 heteroatoms. The standard InChI is InChI=1S/C13H25N3O/c1-3-15-12(10-14)7-8-16(4-2)11-13-6-5-9-17-13/h12-13,15H,3-9,11H2,1-2H3. The van der Waals surface area contributed by atoms with Gasteiger partial charge in [0.15, 0.2) is 0 Å². The average Bonchev–Trinajstić information content (AvgIpc) is 2.85. The second-order valence-corrected chi connectivity index (χ2v) is 4.56. The Morgan fingerprint density at radius 2 is 2.35 bits per heavy atom. The van der Waals surface area contributed by atoms with Crippen molar-refractivity contribution in [3.8, 4) is 6.07 Å². The van der Waals surface area contributed by atoms with Crippen LogP contribution < -0.4 is 5.32 Å². The summed E-state index contributed by atoms with van der Waals surface area (Å²) in [5, 5.41) is 12.2. The minimum Gasteiger partial charge on any atom is -0.377 e. The van der Waals surface area contributed by atoms with Gasteiger partial charge in [-0.3, -0.25) is 0 Å². The van der Waals surface area contributed by atoms with Gasteiger partial charge >= 0.3 is 0 Å². The number of rotatable bonds is 8. The zero-order chi connectivity index (χ0) is 12.5. The Bertz CT molecular complexity index is 233. The largest absolute Gasteiger partial charge is 0.377 e. The predicted octanol–water partition coefficient (Wildman–Crippen LogP) is 1.38. The lowest BCUT2D eigenvalue weighted by molar-refractivity contribution is 0.0740. The summed E-state index contributed by atoms with van der Waals surface area (Å²) in [6, 6.07) is 2.29. The first kappa shape index (κ1) is 14.4. The van der Waals surface area contributed by atoms with Gasteiger partial charge in [-0.2, -0.15) is 5.26 Å². The Morgan fingerprint density at radius 1 is 1.53 bits per heavy atom. The highest BCUT2D eigenvalue weighted by atomic mass is 16.5. The molecule has 1 rings (SSSR count). The second kappa shape index (κ2) is 8.46. The molecule has 0 aromatic carbocycles. The maximum absolute atomic E-state index is 8.97. The zero-order valence-electron chi connectivity index (χ0n) is 11.1. The van der Waals surface area contributed by atoms with Crippen LogP contribution in [0.3, 0.4) is 0 Å². The molecule has 0 bridgehead atoms. The van der Waals surface area contributed by atoms with Crippen molar-refractivity contribution < 1.29 is 4.74 Å². The van der Waals surface area contributed by atoms with Crippen LogP contribution >= 0.6 is 0 Å². The summed E-state index contributed by atoms with van der Waals surface area (Å²) < 4.78 is 5.64. The predicted molar refractivity (Wildman–Crippen MR) is 68.8 cm³/mol. The van der Waals surface area contributed by atoms with Crippen LogP contribution in [-0.2, 0) is 4.74 Å². The van der Waals surface area contributed by atoms with E-state index < -0.39 is 0 Å². The minimum absolute atomic E-state index is 0.0152. The van der Waals surface area contributed by atoms with E-state index in [1.54, 1.807) is 0 Å². The fraction of sp³-hybridized carbons (Fsp3) is 0.923. The quantitative estimate of drug-likeness (QED) is 0.695. The van der Waals surface area contributed by atoms with E-state index in [9.17, 15) is 0 Å². The van der Waals surface area contributed by atoms with Gasteiger partial charge < -0.3 is 15.0 Å². The third-order valence-corrected chi connectivity index (χ3v) is 3.27. The molecule has 0 aromatic rings. The highest BCUT2D eigenvalue weighted by Gasteiger charge is 2.18. The van der Waals surface area contributed by atoms with Gasteiger partial charge in [-0.1, -0.05) is 13.8 Å². The van der Waals surface area contributed by atoms with E-state index in [0.717, 1.165) is 39.2 Å². The lowest BCUT2D eigenvalue weighted by Crippen LogP contribution is -2.37. The molecule has 0 amide bonds. The van der Waals surface area contributed by atoms with Crippen molar-refractivity contribution >= 4 is 0 Å². The van der Waals surface area contributed by atoms with Gasteiger partial charge in [0, 0.05) is 19.7 Å². The smallest absolute Gasteiger partial charge is 0.0965 e. The van der Waals surface area contributed by atoms with E-state index in [1.165, 1.54) is 12.8 Å². The van der Waals surface area contributed by atoms with E-state index in [1.807, 2.05) is 6.92 Å². The third-order valence-electron chi connectivity index (χ3n) is 3.27. The summed E-state index contributed by atoms with van der Waals surface area (Å²) >= 11 is 0. The molecule has 1 aliphatic rings. The van der Waals surface area contributed by atoms with Crippen LogP contribution in [0.1, 0.15) is 33.1 Å². The zero-order valence-corrected chi connectivity index (χ0v) is 11.1. The Kier molecular flexibility index (Phi) is 7.18. The molecular weight excluding hydrogens is 214 g/mol. The Morgan fingerprint density at radius 3 is 2.88 bits per heavy atom. The highest BCUT2D eigenvalue weighted by Crippen LogP contribution is 2.13. The van der Waals surface area contributed by atoms with Crippen molar-refractivity contribution in [1.29, 1.82) is 5.26 Å². The van der Waals surface area contributed by atoms with Crippen LogP contribution in [0.2, 0.25) is 0 Å². The fourth-order valence-corrected chi connectivity index (χ4v) is 2.23. The number of nitrogens with zero attached hydrogens (tertiary/aromatic N) is 2. The highest BCUT2D eigenvalue weighted by molar-refractivity contribution is 4.89. The van der Waals surface area contributed by atoms with Crippen molar-refractivity contribution in [3.05, 3.63) is 0 Å². The van der Waals surface area contributed by atoms with Gasteiger partial charge in [0.25, 0.3) is 0 Å². The first-order chi connectivity index (χ1) is 8.30. The fourth-order valence-electron chi connectivity index (χ4n) is 2.23. The summed E-state index contributed by atoms with van der Waals surface area (Å²) in [5.41, 5.74) is 0. The molecule has 1 aliphatic heterocycles. The van der Waals surface area contributed by atoms with Crippen molar-refractivity contribution in [1.82, 2.24) is 10.2 Å². The van der Waals surface area contributed by atoms with Gasteiger partial charge in [-0.25, -0.2) is 0 Å². The number of hydrogen-bond acceptors (Lipinski definition) is 4. The van der Waals surface area contributed by atoms with Crippen molar-refractivity contribution in [2.45, 2.75) is 45.3 Å². The molecular formula is C13H25N3O. The first-order valence-electron chi connectivity index (χ1n) is 6.77. The molecule has 0 saturated carbocycles. The van der Waals surface area contributed by atoms with E-state index in [4.69, 9.17) is 10.00 Å². The average molecular weight is 239 g/mol. The van der Waals surface area contributed by atoms with Crippen molar-refractivity contribution in [2.24, 2.45) is 0 Å². The van der Waals surface area contributed by atoms with Crippen molar-refractivity contribution in [3.63, 3.8) is 0 Å². The van der Waals surface area contributed by atoms with Crippen molar-refractivity contribution in [2.75, 3.05) is 32.8 Å². The van der Waals surface area contributed by atoms with Gasteiger partial charge in [0.1, 0.15) is 0 Å². The Hall–Kier alpha value is -0.630. The molecule has 0 radical (unpaired) electrons. The second-order valence-electron chi connectivity index (χ2n) is 4.56. The van der Waals surface area contributed by atoms with Crippen LogP contribution in [0.4, 0.5) is 0 Å². The van der Waals surface area contributed by atoms with E-state index in [0.29, 0.717) is 6.10 Å². The molecule has 2 atom stereocenters. The monoisotopic (exact) mass is 239 g/mol. The van der Waals surface area contributed by atoms with Gasteiger partial charge in [0.2, 0.25) is 0 Å². The Labute approximate surface area is 105 Å². The number of nitrogens with one attached hydrogen (secondary N) is 1. The minimum atomic E-state index is -0.0152. The van der Waals surface area contributed by atoms with E-state index in [-0.39, 0.29) is 6.04 Å². The normalized spacial score (nSPS) is 21.6. The van der Waals surface area contributed by atoms with E-state index in [2.05, 4.69) is 23.2 Å². The molecule has 1 heterocycles. The lowest BCUT2D eigenvalue weighted by atomic mass is 10.2. The number of likely N-dealkylation sites (N-methyl/N-ethyl adjacent to an activating group) is 1. The van der Waals surface area contributed by atoms with Crippen LogP contribution in [0, 0.1) is 11.3 Å². The topological polar surface area (TPSA) is 48.3 Å². The summed E-state index contributed by atoms with van der Waals surface area (Å²) in [7, 11) is 0. The molecule has 0 aromatic heterocycles. The number of ether oxygens (including phenoxy) is 1. The lowest BCUT2D eigenvalue weighted by Gasteiger charge is -2.24. The maximum Gasteiger partial charge on any atom is 0.0965 e. The number of hydrogen-bond donors (Lipinski definition) is 1. The Balaban J connectivity index is 2.23. The molecule has 4 nitrogen and oxygen atoms in total. The molecule has 2 unspecified atom stereocenters. The number of nitriles is 1. The molecule has 1 saturated heterocycles. The molecule has 1 fully saturated rings. The molecule has 17 heavy (non-hydrogen) atoms. The molecule has 1 N–H and O–H groups in total. The molecule has 0 aliphatic carbocycles. The molecule has 98 valence electrons. The van der Waals surface area contributed by atoms with Gasteiger partial charge in [-0.05, 0) is 32.4 Å². The van der Waals surface area contributed by atoms with Crippen LogP contribution in [0.25, 0.3) is 0 Å². The molecule has 0 spiro atoms. The third kappa shape index (κ3) is 5.49. The summed E-state index contributed by atoms with van der Waals surface area (Å²) in [5.74, 6) is 0. The van der Waals surface area contributed by atoms with Crippen LogP contribution in [-0.4, -0.2) is 49.8 Å². The van der Waals surface area contributed by atoms with Crippen LogP contribution in [0.15, 0.2) is 0 Å². The van der Waals surface area contributed by atoms with Crippen LogP contribution in [0.5, 0.6) is 0 Å². The van der Waals surface area contributed by atoms with E-state index >= 15 is 0 Å². The summed E-state index contributed by atoms with van der Waals surface area (Å²) in [6.07, 6.45) is 3.69. The van der Waals surface area contributed by atoms with Gasteiger partial charge in [-0.15, -0.1) is 0 Å². The first-order valence-corrected chi connectivity index (χ1v) is 6.77. The SMILES string of the molecule is CCNC(C#N)CCN(CC)CC1CCCO1. The summed E-state index contributed by atoms with van der Waals surface area (Å²) in [4.78, 5) is 2.39. The maximum atomic E-state index is 8.97. The van der Waals surface area contributed by atoms with Gasteiger partial charge in [0.05, 0.1) is 18.2 Å².